The summed E-state index contributed by atoms with van der Waals surface area (Å²) >= 11 is 0. The van der Waals surface area contributed by atoms with E-state index in [1.54, 1.807) is 0 Å². The predicted molar refractivity (Wildman–Crippen MR) is 135 cm³/mol. The van der Waals surface area contributed by atoms with E-state index in [-0.39, 0.29) is 35.2 Å². The zero-order chi connectivity index (χ0) is 24.8. The Labute approximate surface area is 207 Å². The molecule has 0 aromatic rings. The number of aliphatic hydroxyl groups is 2. The molecule has 5 heteroatoms. The molecule has 34 heavy (non-hydrogen) atoms. The maximum Gasteiger partial charge on any atom is 0.407 e. The summed E-state index contributed by atoms with van der Waals surface area (Å²) in [4.78, 5) is 11.9. The zero-order valence-corrected chi connectivity index (χ0v) is 22.6. The number of hydrogen-bond acceptors (Lipinski definition) is 4. The Kier molecular flexibility index (Phi) is 7.66. The molecular formula is C29H51NO4. The molecule has 4 fully saturated rings. The van der Waals surface area contributed by atoms with Gasteiger partial charge in [-0.15, -0.1) is 0 Å². The summed E-state index contributed by atoms with van der Waals surface area (Å²) < 4.78 is 5.22. The van der Waals surface area contributed by atoms with Gasteiger partial charge in [0.25, 0.3) is 0 Å². The quantitative estimate of drug-likeness (QED) is 0.453. The predicted octanol–water partition coefficient (Wildman–Crippen LogP) is 5.77. The maximum absolute atomic E-state index is 11.9. The van der Waals surface area contributed by atoms with Gasteiger partial charge in [-0.1, -0.05) is 34.1 Å². The Hall–Kier alpha value is -0.810. The molecule has 4 saturated carbocycles. The second-order valence-corrected chi connectivity index (χ2v) is 13.3. The maximum atomic E-state index is 11.9. The Morgan fingerprint density at radius 1 is 1.00 bits per heavy atom. The minimum Gasteiger partial charge on any atom is -0.447 e. The van der Waals surface area contributed by atoms with Crippen LogP contribution in [0.1, 0.15) is 99.3 Å². The number of carbonyl (C=O) groups is 1. The highest BCUT2D eigenvalue weighted by atomic mass is 16.6. The van der Waals surface area contributed by atoms with Gasteiger partial charge in [-0.2, -0.15) is 0 Å². The van der Waals surface area contributed by atoms with Gasteiger partial charge in [0.15, 0.2) is 0 Å². The lowest BCUT2D eigenvalue weighted by molar-refractivity contribution is -0.203. The Morgan fingerprint density at radius 2 is 1.68 bits per heavy atom. The van der Waals surface area contributed by atoms with Gasteiger partial charge in [0, 0.05) is 6.54 Å². The summed E-state index contributed by atoms with van der Waals surface area (Å²) in [5.74, 6) is 3.53. The topological polar surface area (TPSA) is 78.8 Å². The smallest absolute Gasteiger partial charge is 0.407 e. The fourth-order valence-electron chi connectivity index (χ4n) is 9.79. The van der Waals surface area contributed by atoms with Crippen molar-refractivity contribution in [3.8, 4) is 0 Å². The van der Waals surface area contributed by atoms with E-state index in [0.29, 0.717) is 48.0 Å². The van der Waals surface area contributed by atoms with Crippen molar-refractivity contribution in [1.29, 1.82) is 0 Å². The second-order valence-electron chi connectivity index (χ2n) is 13.3. The van der Waals surface area contributed by atoms with Crippen molar-refractivity contribution in [2.24, 2.45) is 52.3 Å². The summed E-state index contributed by atoms with van der Waals surface area (Å²) in [6.45, 7) is 14.1. The molecular weight excluding hydrogens is 426 g/mol. The summed E-state index contributed by atoms with van der Waals surface area (Å²) in [5.41, 5.74) is 0.533. The van der Waals surface area contributed by atoms with E-state index in [1.807, 2.05) is 13.8 Å². The van der Waals surface area contributed by atoms with Crippen molar-refractivity contribution in [1.82, 2.24) is 5.32 Å². The lowest BCUT2D eigenvalue weighted by Gasteiger charge is -2.64. The molecule has 0 saturated heterocycles. The van der Waals surface area contributed by atoms with Crippen LogP contribution in [-0.4, -0.2) is 41.2 Å². The molecule has 4 aliphatic rings. The van der Waals surface area contributed by atoms with Gasteiger partial charge in [0.1, 0.15) is 0 Å². The summed E-state index contributed by atoms with van der Waals surface area (Å²) in [5, 5.41) is 25.2. The van der Waals surface area contributed by atoms with Crippen molar-refractivity contribution in [3.05, 3.63) is 0 Å². The van der Waals surface area contributed by atoms with Gasteiger partial charge in [-0.3, -0.25) is 0 Å². The molecule has 4 aliphatic carbocycles. The normalized spacial score (nSPS) is 46.9. The fourth-order valence-corrected chi connectivity index (χ4v) is 9.79. The largest absolute Gasteiger partial charge is 0.447 e. The van der Waals surface area contributed by atoms with Crippen LogP contribution in [-0.2, 0) is 4.74 Å². The molecule has 0 aromatic heterocycles. The highest BCUT2D eigenvalue weighted by molar-refractivity contribution is 5.67. The molecule has 0 radical (unpaired) electrons. The molecule has 0 heterocycles. The monoisotopic (exact) mass is 477 g/mol. The molecule has 3 N–H and O–H groups in total. The molecule has 5 nitrogen and oxygen atoms in total. The standard InChI is InChI=1S/C29H51NO4/c1-7-20-24-16-19(31)10-13-29(24,6)23-11-14-28(5)21(8-9-22(28)25(23)26(20)32)18(4)12-15-30-27(33)34-17(2)3/h17-26,31-32H,7-16H2,1-6H3,(H,30,33)/t18-,19-,20-,21-,22+,23+,24+,25+,26-,28-,29-/m1/s1. The first-order chi connectivity index (χ1) is 16.0. The van der Waals surface area contributed by atoms with E-state index in [1.165, 1.54) is 25.7 Å². The second kappa shape index (κ2) is 9.92. The molecule has 0 unspecified atom stereocenters. The third kappa shape index (κ3) is 4.42. The number of alkyl carbamates (subject to hydrolysis) is 1. The van der Waals surface area contributed by atoms with E-state index in [0.717, 1.165) is 32.1 Å². The van der Waals surface area contributed by atoms with Crippen LogP contribution in [0.2, 0.25) is 0 Å². The fraction of sp³-hybridized carbons (Fsp3) is 0.966. The van der Waals surface area contributed by atoms with Crippen molar-refractivity contribution < 1.29 is 19.7 Å². The number of fused-ring (bicyclic) bond motifs is 5. The first-order valence-corrected chi connectivity index (χ1v) is 14.3. The van der Waals surface area contributed by atoms with Crippen LogP contribution >= 0.6 is 0 Å². The van der Waals surface area contributed by atoms with E-state index >= 15 is 0 Å². The van der Waals surface area contributed by atoms with Gasteiger partial charge in [0.05, 0.1) is 18.3 Å². The number of carbonyl (C=O) groups excluding carboxylic acids is 1. The number of rotatable bonds is 6. The van der Waals surface area contributed by atoms with Gasteiger partial charge in [-0.25, -0.2) is 4.79 Å². The van der Waals surface area contributed by atoms with Crippen molar-refractivity contribution >= 4 is 6.09 Å². The van der Waals surface area contributed by atoms with Crippen molar-refractivity contribution in [2.75, 3.05) is 6.54 Å². The minimum absolute atomic E-state index is 0.0927. The average Bonchev–Trinajstić information content (AvgIpc) is 3.12. The van der Waals surface area contributed by atoms with Crippen LogP contribution in [0.25, 0.3) is 0 Å². The van der Waals surface area contributed by atoms with E-state index in [2.05, 4.69) is 33.0 Å². The van der Waals surface area contributed by atoms with E-state index in [4.69, 9.17) is 4.74 Å². The Bertz CT molecular complexity index is 727. The van der Waals surface area contributed by atoms with Crippen LogP contribution in [0.3, 0.4) is 0 Å². The molecule has 1 amide bonds. The Balaban J connectivity index is 1.48. The molecule has 0 spiro atoms. The third-order valence-electron chi connectivity index (χ3n) is 11.4. The first kappa shape index (κ1) is 26.3. The van der Waals surface area contributed by atoms with Crippen LogP contribution in [0.4, 0.5) is 4.79 Å². The summed E-state index contributed by atoms with van der Waals surface area (Å²) in [7, 11) is 0. The molecule has 0 aliphatic heterocycles. The molecule has 4 rings (SSSR count). The first-order valence-electron chi connectivity index (χ1n) is 14.3. The number of nitrogens with one attached hydrogen (secondary N) is 1. The van der Waals surface area contributed by atoms with E-state index in [9.17, 15) is 15.0 Å². The summed E-state index contributed by atoms with van der Waals surface area (Å²) in [6.07, 6.45) is 9.03. The molecule has 196 valence electrons. The number of hydrogen-bond donors (Lipinski definition) is 3. The highest BCUT2D eigenvalue weighted by Gasteiger charge is 2.64. The minimum atomic E-state index is -0.311. The number of aliphatic hydroxyl groups excluding tert-OH is 2. The van der Waals surface area contributed by atoms with Gasteiger partial charge in [-0.05, 0) is 117 Å². The van der Waals surface area contributed by atoms with Crippen LogP contribution in [0.5, 0.6) is 0 Å². The number of ether oxygens (including phenoxy) is 1. The molecule has 0 bridgehead atoms. The van der Waals surface area contributed by atoms with Gasteiger partial charge < -0.3 is 20.3 Å². The van der Waals surface area contributed by atoms with Crippen molar-refractivity contribution in [3.63, 3.8) is 0 Å². The molecule has 11 atom stereocenters. The van der Waals surface area contributed by atoms with Crippen LogP contribution in [0.15, 0.2) is 0 Å². The SMILES string of the molecule is CC[C@H]1[C@@H](O)[C@@H]2[C@H](CC[C@]3(C)[C@@H]([C@H](C)CCNC(=O)OC(C)C)CC[C@@H]23)[C@@]2(C)CC[C@@H](O)C[C@@H]12. The Morgan fingerprint density at radius 3 is 2.35 bits per heavy atom. The van der Waals surface area contributed by atoms with Crippen LogP contribution < -0.4 is 5.32 Å². The number of amides is 1. The van der Waals surface area contributed by atoms with Gasteiger partial charge >= 0.3 is 6.09 Å². The molecule has 0 aromatic carbocycles. The van der Waals surface area contributed by atoms with Gasteiger partial charge in [0.2, 0.25) is 0 Å². The van der Waals surface area contributed by atoms with Crippen LogP contribution in [0, 0.1) is 52.3 Å². The zero-order valence-electron chi connectivity index (χ0n) is 22.6. The van der Waals surface area contributed by atoms with E-state index < -0.39 is 0 Å². The van der Waals surface area contributed by atoms with Crippen molar-refractivity contribution in [2.45, 2.75) is 118 Å². The lowest BCUT2D eigenvalue weighted by Crippen LogP contribution is -2.62. The summed E-state index contributed by atoms with van der Waals surface area (Å²) in [6, 6.07) is 0. The third-order valence-corrected chi connectivity index (χ3v) is 11.4. The average molecular weight is 478 g/mol. The highest BCUT2D eigenvalue weighted by Crippen LogP contribution is 2.69. The lowest BCUT2D eigenvalue weighted by atomic mass is 9.41.